The third kappa shape index (κ3) is 5.28. The predicted molar refractivity (Wildman–Crippen MR) is 118 cm³/mol. The van der Waals surface area contributed by atoms with E-state index < -0.39 is 11.9 Å². The molecule has 1 aromatic carbocycles. The normalized spacial score (nSPS) is 15.7. The molecule has 14 heteroatoms. The molecule has 2 heterocycles. The minimum atomic E-state index is -2.57. The molecule has 29 heavy (non-hydrogen) atoms. The Bertz CT molecular complexity index is 1080. The van der Waals surface area contributed by atoms with Gasteiger partial charge < -0.3 is 10.3 Å². The molecule has 0 spiro atoms. The molecule has 0 radical (unpaired) electrons. The molecule has 2 unspecified atom stereocenters. The number of hydrogen-bond donors (Lipinski definition) is 3. The highest BCUT2D eigenvalue weighted by molar-refractivity contribution is 9.12. The number of aryl methyl sites for hydroxylation is 2. The van der Waals surface area contributed by atoms with Gasteiger partial charge in [-0.2, -0.15) is 0 Å². The quantitative estimate of drug-likeness (QED) is 0.133. The summed E-state index contributed by atoms with van der Waals surface area (Å²) in [4.78, 5) is 26.6. The van der Waals surface area contributed by atoms with Crippen molar-refractivity contribution in [1.82, 2.24) is 19.9 Å². The highest BCUT2D eigenvalue weighted by atomic mass is 79.9. The van der Waals surface area contributed by atoms with E-state index >= 15 is 0 Å². The molecule has 0 amide bonds. The lowest BCUT2D eigenvalue weighted by Gasteiger charge is -2.24. The average molecular weight is 523 g/mol. The van der Waals surface area contributed by atoms with Crippen molar-refractivity contribution in [3.8, 4) is 0 Å². The van der Waals surface area contributed by atoms with Crippen LogP contribution in [0.3, 0.4) is 0 Å². The summed E-state index contributed by atoms with van der Waals surface area (Å²) in [6.07, 6.45) is 1.40. The Kier molecular flexibility index (Phi) is 6.24. The number of hydrogen-bond acceptors (Lipinski definition) is 9. The molecule has 0 aliphatic rings. The minimum Gasteiger partial charge on any atom is -0.340 e. The zero-order valence-electron chi connectivity index (χ0n) is 14.9. The van der Waals surface area contributed by atoms with E-state index in [2.05, 4.69) is 41.2 Å². The lowest BCUT2D eigenvalue weighted by atomic mass is 10.1. The third-order valence-corrected chi connectivity index (χ3v) is 6.36. The van der Waals surface area contributed by atoms with Gasteiger partial charge in [-0.25, -0.2) is 19.3 Å². The number of fused-ring (bicyclic) bond motifs is 1. The Hall–Kier alpha value is -1.67. The van der Waals surface area contributed by atoms with Gasteiger partial charge in [-0.05, 0) is 64.8 Å². The topological polar surface area (TPSA) is 136 Å². The van der Waals surface area contributed by atoms with Crippen LogP contribution < -0.4 is 11.1 Å². The largest absolute Gasteiger partial charge is 0.340 e. The van der Waals surface area contributed by atoms with Crippen LogP contribution in [-0.2, 0) is 4.20 Å². The minimum absolute atomic E-state index is 0.0302. The fourth-order valence-corrected chi connectivity index (χ4v) is 5.61. The zero-order valence-corrected chi connectivity index (χ0v) is 18.9. The number of nitrogens with two attached hydrogens (primary N) is 1. The standard InChI is InChI=1S/C15H14BrClFN7O2S2/c1-7-3-4-9(5-8(7)2)22-12-10-11(21-6-20-10)23-13(24-12)14(19,29-25(26)27)28-15(16,17)18/h3-6H,19H2,1-2H3,(H2,20,21,22,23,24). The van der Waals surface area contributed by atoms with Gasteiger partial charge in [-0.15, -0.1) is 0 Å². The number of thioether (sulfide) groups is 1. The van der Waals surface area contributed by atoms with Gasteiger partial charge in [0.05, 0.1) is 6.33 Å². The van der Waals surface area contributed by atoms with Crippen molar-refractivity contribution in [1.29, 1.82) is 0 Å². The number of H-pyrrole nitrogens is 1. The smallest absolute Gasteiger partial charge is 0.287 e. The van der Waals surface area contributed by atoms with E-state index in [9.17, 15) is 14.5 Å². The molecule has 0 saturated heterocycles. The van der Waals surface area contributed by atoms with Crippen molar-refractivity contribution in [2.24, 2.45) is 5.73 Å². The molecular weight excluding hydrogens is 509 g/mol. The van der Waals surface area contributed by atoms with Gasteiger partial charge >= 0.3 is 0 Å². The molecule has 3 aromatic rings. The molecule has 2 aromatic heterocycles. The maximum Gasteiger partial charge on any atom is 0.287 e. The monoisotopic (exact) mass is 521 g/mol. The van der Waals surface area contributed by atoms with Gasteiger partial charge in [0, 0.05) is 5.69 Å². The van der Waals surface area contributed by atoms with Crippen molar-refractivity contribution in [3.05, 3.63) is 51.6 Å². The van der Waals surface area contributed by atoms with Crippen LogP contribution in [0.1, 0.15) is 17.0 Å². The molecule has 0 fully saturated rings. The number of nitrogens with one attached hydrogen (secondary N) is 2. The van der Waals surface area contributed by atoms with Gasteiger partial charge in [0.25, 0.3) is 15.3 Å². The number of imidazole rings is 1. The summed E-state index contributed by atoms with van der Waals surface area (Å²) in [7, 11) is 0. The van der Waals surface area contributed by atoms with Crippen LogP contribution in [0.25, 0.3) is 11.2 Å². The maximum atomic E-state index is 14.0. The summed E-state index contributed by atoms with van der Waals surface area (Å²) in [5.41, 5.74) is 9.67. The highest BCUT2D eigenvalue weighted by Crippen LogP contribution is 2.52. The summed E-state index contributed by atoms with van der Waals surface area (Å²) < 4.78 is 8.65. The predicted octanol–water partition coefficient (Wildman–Crippen LogP) is 4.65. The first-order chi connectivity index (χ1) is 13.5. The Morgan fingerprint density at radius 1 is 1.38 bits per heavy atom. The van der Waals surface area contributed by atoms with E-state index in [1.807, 2.05) is 32.0 Å². The van der Waals surface area contributed by atoms with Crippen LogP contribution in [0.4, 0.5) is 15.9 Å². The number of rotatable bonds is 7. The number of anilines is 2. The summed E-state index contributed by atoms with van der Waals surface area (Å²) in [5, 5.41) is 14.3. The second kappa shape index (κ2) is 8.22. The first-order valence-electron chi connectivity index (χ1n) is 7.92. The van der Waals surface area contributed by atoms with Gasteiger partial charge in [0.1, 0.15) is 9.85 Å². The summed E-state index contributed by atoms with van der Waals surface area (Å²) >= 11 is 8.41. The molecule has 2 atom stereocenters. The van der Waals surface area contributed by atoms with E-state index in [1.54, 1.807) is 0 Å². The Labute approximate surface area is 186 Å². The second-order valence-corrected chi connectivity index (χ2v) is 11.6. The van der Waals surface area contributed by atoms with Crippen LogP contribution in [0.15, 0.2) is 24.5 Å². The van der Waals surface area contributed by atoms with E-state index in [4.69, 9.17) is 17.3 Å². The first-order valence-corrected chi connectivity index (χ1v) is 10.7. The Morgan fingerprint density at radius 2 is 2.10 bits per heavy atom. The summed E-state index contributed by atoms with van der Waals surface area (Å²) in [6, 6.07) is 5.71. The lowest BCUT2D eigenvalue weighted by Crippen LogP contribution is -2.35. The van der Waals surface area contributed by atoms with Gasteiger partial charge in [-0.3, -0.25) is 15.8 Å². The number of alkyl halides is 3. The molecule has 4 N–H and O–H groups in total. The summed E-state index contributed by atoms with van der Waals surface area (Å²) in [5.74, 6) is 0.0518. The molecule has 9 nitrogen and oxygen atoms in total. The van der Waals surface area contributed by atoms with Crippen LogP contribution in [-0.4, -0.2) is 27.6 Å². The van der Waals surface area contributed by atoms with Crippen molar-refractivity contribution < 1.29 is 8.72 Å². The van der Waals surface area contributed by atoms with Crippen molar-refractivity contribution >= 4 is 73.9 Å². The zero-order chi connectivity index (χ0) is 21.4. The molecule has 0 saturated carbocycles. The number of aromatic nitrogens is 4. The van der Waals surface area contributed by atoms with Crippen molar-refractivity contribution in [3.63, 3.8) is 0 Å². The molecule has 0 aliphatic carbocycles. The van der Waals surface area contributed by atoms with E-state index in [1.165, 1.54) is 6.33 Å². The van der Waals surface area contributed by atoms with E-state index in [0.29, 0.717) is 5.52 Å². The van der Waals surface area contributed by atoms with Gasteiger partial charge in [0.15, 0.2) is 17.3 Å². The second-order valence-electron chi connectivity index (χ2n) is 5.95. The van der Waals surface area contributed by atoms with E-state index in [-0.39, 0.29) is 41.0 Å². The lowest BCUT2D eigenvalue weighted by molar-refractivity contribution is -0.285. The number of halogens is 3. The van der Waals surface area contributed by atoms with Gasteiger partial charge in [0.2, 0.25) is 4.20 Å². The molecule has 3 rings (SSSR count). The van der Waals surface area contributed by atoms with Crippen LogP contribution in [0.2, 0.25) is 0 Å². The van der Waals surface area contributed by atoms with Crippen molar-refractivity contribution in [2.75, 3.05) is 5.32 Å². The molecule has 0 bridgehead atoms. The number of benzene rings is 1. The van der Waals surface area contributed by atoms with E-state index in [0.717, 1.165) is 16.8 Å². The fourth-order valence-electron chi connectivity index (χ4n) is 2.42. The van der Waals surface area contributed by atoms with Crippen LogP contribution in [0, 0.1) is 24.0 Å². The molecule has 154 valence electrons. The molecular formula is C15H14BrClFN7O2S2. The van der Waals surface area contributed by atoms with Crippen LogP contribution >= 0.6 is 51.2 Å². The number of nitrogens with zero attached hydrogens (tertiary/aromatic N) is 4. The Morgan fingerprint density at radius 3 is 2.72 bits per heavy atom. The highest BCUT2D eigenvalue weighted by Gasteiger charge is 2.48. The average Bonchev–Trinajstić information content (AvgIpc) is 3.04. The molecule has 0 aliphatic heterocycles. The Balaban J connectivity index is 2.10. The third-order valence-electron chi connectivity index (χ3n) is 3.84. The number of nitro groups is 1. The van der Waals surface area contributed by atoms with Gasteiger partial charge in [-0.1, -0.05) is 17.7 Å². The SMILES string of the molecule is Cc1ccc(Nc2nc(C(N)(S[N+](=O)[O-])SC(F)(Cl)Br)nc3nc[nH]c23)cc1C. The van der Waals surface area contributed by atoms with Crippen molar-refractivity contribution in [2.45, 2.75) is 21.4 Å². The number of aromatic amines is 1. The van der Waals surface area contributed by atoms with Crippen LogP contribution in [0.5, 0.6) is 0 Å². The summed E-state index contributed by atoms with van der Waals surface area (Å²) in [6.45, 7) is 3.95. The fraction of sp³-hybridized carbons (Fsp3) is 0.267. The maximum absolute atomic E-state index is 14.0. The first kappa shape index (κ1) is 22.0.